The van der Waals surface area contributed by atoms with Crippen LogP contribution in [0.4, 0.5) is 18.9 Å². The zero-order chi connectivity index (χ0) is 14.7. The van der Waals surface area contributed by atoms with E-state index >= 15 is 0 Å². The van der Waals surface area contributed by atoms with Gasteiger partial charge in [-0.2, -0.15) is 0 Å². The summed E-state index contributed by atoms with van der Waals surface area (Å²) in [6, 6.07) is 3.53. The highest BCUT2D eigenvalue weighted by molar-refractivity contribution is 9.10. The Bertz CT molecular complexity index is 550. The van der Waals surface area contributed by atoms with Crippen LogP contribution >= 0.6 is 27.5 Å². The van der Waals surface area contributed by atoms with Gasteiger partial charge in [-0.15, -0.1) is 24.8 Å². The lowest BCUT2D eigenvalue weighted by Gasteiger charge is -2.14. The van der Waals surface area contributed by atoms with E-state index in [1.807, 2.05) is 4.72 Å². The zero-order valence-corrected chi connectivity index (χ0v) is 12.3. The standard InChI is InChI=1S/C9H8BrClF3NO3S/c10-6-1-2-7(15-19(16,17)4-3-11)8(5-6)18-9(12,13)14/h1-2,5,15H,3-4H2. The van der Waals surface area contributed by atoms with Crippen molar-refractivity contribution in [3.05, 3.63) is 22.7 Å². The molecule has 0 spiro atoms. The van der Waals surface area contributed by atoms with Gasteiger partial charge in [0.25, 0.3) is 0 Å². The number of alkyl halides is 4. The van der Waals surface area contributed by atoms with Gasteiger partial charge in [-0.1, -0.05) is 15.9 Å². The first-order valence-electron chi connectivity index (χ1n) is 4.75. The minimum Gasteiger partial charge on any atom is -0.403 e. The molecule has 0 aromatic heterocycles. The number of rotatable bonds is 5. The smallest absolute Gasteiger partial charge is 0.403 e. The van der Waals surface area contributed by atoms with Gasteiger partial charge < -0.3 is 4.74 Å². The van der Waals surface area contributed by atoms with Crippen molar-refractivity contribution < 1.29 is 26.3 Å². The summed E-state index contributed by atoms with van der Waals surface area (Å²) in [6.07, 6.45) is -4.92. The largest absolute Gasteiger partial charge is 0.573 e. The van der Waals surface area contributed by atoms with Crippen LogP contribution in [0, 0.1) is 0 Å². The lowest BCUT2D eigenvalue weighted by atomic mass is 10.3. The van der Waals surface area contributed by atoms with Gasteiger partial charge in [0.05, 0.1) is 11.4 Å². The SMILES string of the molecule is O=S(=O)(CCCl)Nc1ccc(Br)cc1OC(F)(F)F. The van der Waals surface area contributed by atoms with Gasteiger partial charge in [-0.05, 0) is 18.2 Å². The van der Waals surface area contributed by atoms with E-state index in [-0.39, 0.29) is 11.6 Å². The molecule has 0 bridgehead atoms. The fraction of sp³-hybridized carbons (Fsp3) is 0.333. The van der Waals surface area contributed by atoms with Crippen molar-refractivity contribution in [2.45, 2.75) is 6.36 Å². The molecular formula is C9H8BrClF3NO3S. The van der Waals surface area contributed by atoms with Crippen molar-refractivity contribution in [2.75, 3.05) is 16.4 Å². The van der Waals surface area contributed by atoms with Crippen molar-refractivity contribution >= 4 is 43.2 Å². The summed E-state index contributed by atoms with van der Waals surface area (Å²) >= 11 is 8.25. The number of halogens is 5. The Hall–Kier alpha value is -0.670. The van der Waals surface area contributed by atoms with Crippen LogP contribution in [0.15, 0.2) is 22.7 Å². The van der Waals surface area contributed by atoms with Gasteiger partial charge in [-0.3, -0.25) is 4.72 Å². The third-order valence-corrected chi connectivity index (χ3v) is 3.96. The Kier molecular flexibility index (Phi) is 5.34. The van der Waals surface area contributed by atoms with Crippen LogP contribution in [0.5, 0.6) is 5.75 Å². The molecule has 1 aromatic carbocycles. The second-order valence-electron chi connectivity index (χ2n) is 3.30. The Labute approximate surface area is 121 Å². The number of ether oxygens (including phenoxy) is 1. The molecule has 1 N–H and O–H groups in total. The first kappa shape index (κ1) is 16.4. The van der Waals surface area contributed by atoms with Crippen LogP contribution in [0.3, 0.4) is 0 Å². The molecule has 0 heterocycles. The molecule has 0 fully saturated rings. The van der Waals surface area contributed by atoms with Gasteiger partial charge in [0, 0.05) is 10.4 Å². The average molecular weight is 383 g/mol. The van der Waals surface area contributed by atoms with E-state index in [4.69, 9.17) is 11.6 Å². The molecule has 108 valence electrons. The molecule has 0 saturated heterocycles. The molecule has 0 aliphatic rings. The monoisotopic (exact) mass is 381 g/mol. The molecule has 1 rings (SSSR count). The van der Waals surface area contributed by atoms with E-state index in [2.05, 4.69) is 20.7 Å². The summed E-state index contributed by atoms with van der Waals surface area (Å²) in [5.41, 5.74) is -0.314. The minimum absolute atomic E-state index is 0.179. The maximum Gasteiger partial charge on any atom is 0.573 e. The molecule has 0 aliphatic carbocycles. The summed E-state index contributed by atoms with van der Waals surface area (Å²) in [6.45, 7) is 0. The number of hydrogen-bond donors (Lipinski definition) is 1. The van der Waals surface area contributed by atoms with Crippen LogP contribution in [0.1, 0.15) is 0 Å². The van der Waals surface area contributed by atoms with Gasteiger partial charge in [0.2, 0.25) is 10.0 Å². The highest BCUT2D eigenvalue weighted by atomic mass is 79.9. The molecule has 4 nitrogen and oxygen atoms in total. The summed E-state index contributed by atoms with van der Waals surface area (Å²) in [4.78, 5) is 0. The average Bonchev–Trinajstić information content (AvgIpc) is 2.19. The first-order chi connectivity index (χ1) is 8.63. The molecular weight excluding hydrogens is 375 g/mol. The van der Waals surface area contributed by atoms with Crippen molar-refractivity contribution in [2.24, 2.45) is 0 Å². The lowest BCUT2D eigenvalue weighted by molar-refractivity contribution is -0.274. The molecule has 0 amide bonds. The number of anilines is 1. The third-order valence-electron chi connectivity index (χ3n) is 1.78. The predicted molar refractivity (Wildman–Crippen MR) is 69.0 cm³/mol. The second kappa shape index (κ2) is 6.19. The second-order valence-corrected chi connectivity index (χ2v) is 6.43. The Morgan fingerprint density at radius 2 is 2.00 bits per heavy atom. The van der Waals surface area contributed by atoms with Crippen LogP contribution in [0.2, 0.25) is 0 Å². The molecule has 0 unspecified atom stereocenters. The Balaban J connectivity index is 3.07. The summed E-state index contributed by atoms with van der Waals surface area (Å²) in [7, 11) is -3.82. The zero-order valence-electron chi connectivity index (χ0n) is 9.17. The fourth-order valence-corrected chi connectivity index (χ4v) is 2.87. The minimum atomic E-state index is -4.92. The normalized spacial score (nSPS) is 12.3. The molecule has 0 aliphatic heterocycles. The molecule has 0 saturated carbocycles. The molecule has 1 aromatic rings. The van der Waals surface area contributed by atoms with E-state index in [0.29, 0.717) is 4.47 Å². The molecule has 19 heavy (non-hydrogen) atoms. The van der Waals surface area contributed by atoms with Crippen LogP contribution in [-0.4, -0.2) is 26.4 Å². The number of benzene rings is 1. The van der Waals surface area contributed by atoms with Crippen LogP contribution < -0.4 is 9.46 Å². The summed E-state index contributed by atoms with van der Waals surface area (Å²) < 4.78 is 65.6. The van der Waals surface area contributed by atoms with Crippen molar-refractivity contribution in [1.82, 2.24) is 0 Å². The van der Waals surface area contributed by atoms with E-state index in [1.54, 1.807) is 0 Å². The maximum atomic E-state index is 12.2. The number of sulfonamides is 1. The van der Waals surface area contributed by atoms with Crippen molar-refractivity contribution in [1.29, 1.82) is 0 Å². The van der Waals surface area contributed by atoms with Gasteiger partial charge in [-0.25, -0.2) is 8.42 Å². The van der Waals surface area contributed by atoms with E-state index in [1.165, 1.54) is 6.07 Å². The highest BCUT2D eigenvalue weighted by Crippen LogP contribution is 2.33. The van der Waals surface area contributed by atoms with Gasteiger partial charge in [0.15, 0.2) is 5.75 Å². The molecule has 0 atom stereocenters. The predicted octanol–water partition coefficient (Wildman–Crippen LogP) is 3.33. The fourth-order valence-electron chi connectivity index (χ4n) is 1.11. The number of nitrogens with one attached hydrogen (secondary N) is 1. The first-order valence-corrected chi connectivity index (χ1v) is 7.73. The van der Waals surface area contributed by atoms with E-state index in [0.717, 1.165) is 12.1 Å². The van der Waals surface area contributed by atoms with E-state index < -0.39 is 27.9 Å². The summed E-state index contributed by atoms with van der Waals surface area (Å²) in [5.74, 6) is -1.25. The Morgan fingerprint density at radius 3 is 2.53 bits per heavy atom. The topological polar surface area (TPSA) is 55.4 Å². The van der Waals surface area contributed by atoms with Crippen molar-refractivity contribution in [3.63, 3.8) is 0 Å². The summed E-state index contributed by atoms with van der Waals surface area (Å²) in [5, 5.41) is 0. The maximum absolute atomic E-state index is 12.2. The number of hydrogen-bond acceptors (Lipinski definition) is 3. The Morgan fingerprint density at radius 1 is 1.37 bits per heavy atom. The van der Waals surface area contributed by atoms with E-state index in [9.17, 15) is 21.6 Å². The van der Waals surface area contributed by atoms with Crippen molar-refractivity contribution in [3.8, 4) is 5.75 Å². The quantitative estimate of drug-likeness (QED) is 0.795. The van der Waals surface area contributed by atoms with Gasteiger partial charge in [0.1, 0.15) is 0 Å². The molecule has 10 heteroatoms. The molecule has 0 radical (unpaired) electrons. The third kappa shape index (κ3) is 5.87. The highest BCUT2D eigenvalue weighted by Gasteiger charge is 2.32. The van der Waals surface area contributed by atoms with Crippen LogP contribution in [0.25, 0.3) is 0 Å². The lowest BCUT2D eigenvalue weighted by Crippen LogP contribution is -2.21. The van der Waals surface area contributed by atoms with Crippen LogP contribution in [-0.2, 0) is 10.0 Å². The van der Waals surface area contributed by atoms with Gasteiger partial charge >= 0.3 is 6.36 Å².